The van der Waals surface area contributed by atoms with E-state index in [1.807, 2.05) is 6.08 Å². The summed E-state index contributed by atoms with van der Waals surface area (Å²) in [4.78, 5) is 18.9. The second-order valence-corrected chi connectivity index (χ2v) is 7.85. The van der Waals surface area contributed by atoms with Gasteiger partial charge >= 0.3 is 0 Å². The molecule has 0 saturated carbocycles. The summed E-state index contributed by atoms with van der Waals surface area (Å²) in [6.45, 7) is 5.29. The first kappa shape index (κ1) is 17.4. The topological polar surface area (TPSA) is 36.1 Å². The van der Waals surface area contributed by atoms with Crippen molar-refractivity contribution in [1.29, 1.82) is 0 Å². The lowest BCUT2D eigenvalue weighted by atomic mass is 9.74. The second kappa shape index (κ2) is 6.94. The third-order valence-electron chi connectivity index (χ3n) is 6.28. The van der Waals surface area contributed by atoms with Gasteiger partial charge in [0, 0.05) is 29.2 Å². The Hall–Kier alpha value is -2.03. The van der Waals surface area contributed by atoms with E-state index in [0.29, 0.717) is 0 Å². The van der Waals surface area contributed by atoms with Crippen molar-refractivity contribution in [3.8, 4) is 0 Å². The maximum absolute atomic E-state index is 13.0. The van der Waals surface area contributed by atoms with Gasteiger partial charge in [-0.25, -0.2) is 0 Å². The lowest BCUT2D eigenvalue weighted by Gasteiger charge is -2.44. The number of carbonyl (C=O) groups is 1. The zero-order chi connectivity index (χ0) is 18.1. The van der Waals surface area contributed by atoms with Gasteiger partial charge in [0.25, 0.3) is 0 Å². The number of nitrogens with one attached hydrogen (secondary N) is 1. The third kappa shape index (κ3) is 2.52. The molecular weight excluding hydrogens is 320 g/mol. The van der Waals surface area contributed by atoms with Gasteiger partial charge in [0.2, 0.25) is 5.91 Å². The van der Waals surface area contributed by atoms with Gasteiger partial charge in [0.15, 0.2) is 0 Å². The molecule has 1 unspecified atom stereocenters. The Morgan fingerprint density at radius 1 is 1.15 bits per heavy atom. The molecule has 138 valence electrons. The number of benzene rings is 1. The number of aryl methyl sites for hydroxylation is 1. The average Bonchev–Trinajstić information content (AvgIpc) is 3.16. The highest BCUT2D eigenvalue weighted by Crippen LogP contribution is 2.51. The first-order valence-corrected chi connectivity index (χ1v) is 10.3. The third-order valence-corrected chi connectivity index (χ3v) is 6.28. The molecular formula is C23H30N2O. The summed E-state index contributed by atoms with van der Waals surface area (Å²) in [7, 11) is 0. The van der Waals surface area contributed by atoms with E-state index < -0.39 is 0 Å². The number of nitrogens with zero attached hydrogens (tertiary/aromatic N) is 1. The fourth-order valence-electron chi connectivity index (χ4n) is 5.02. The van der Waals surface area contributed by atoms with Crippen molar-refractivity contribution in [3.05, 3.63) is 47.2 Å². The molecule has 1 aliphatic carbocycles. The molecule has 0 fully saturated rings. The standard InChI is InChI=1S/C23H30N2O/c1-3-5-10-17-16-21(26)25(15-6-4-2)23(17)14-9-12-19-18-11-7-8-13-20(18)24-22(19)23/h7-8,11,13,16,24H,3-6,9-10,12,14-15H2,1-2H3. The van der Waals surface area contributed by atoms with Gasteiger partial charge in [-0.15, -0.1) is 0 Å². The van der Waals surface area contributed by atoms with Crippen molar-refractivity contribution < 1.29 is 4.79 Å². The van der Waals surface area contributed by atoms with E-state index in [9.17, 15) is 4.79 Å². The van der Waals surface area contributed by atoms with Crippen LogP contribution in [0.4, 0.5) is 0 Å². The molecule has 2 aromatic rings. The van der Waals surface area contributed by atoms with Crippen LogP contribution in [0.15, 0.2) is 35.9 Å². The number of para-hydroxylation sites is 1. The highest BCUT2D eigenvalue weighted by Gasteiger charge is 2.51. The lowest BCUT2D eigenvalue weighted by Crippen LogP contribution is -2.48. The Bertz CT molecular complexity index is 847. The fourth-order valence-corrected chi connectivity index (χ4v) is 5.02. The number of hydrogen-bond donors (Lipinski definition) is 1. The molecule has 3 heteroatoms. The van der Waals surface area contributed by atoms with E-state index in [4.69, 9.17) is 0 Å². The second-order valence-electron chi connectivity index (χ2n) is 7.85. The zero-order valence-corrected chi connectivity index (χ0v) is 16.1. The SMILES string of the molecule is CCCCC1=CC(=O)N(CCCC)C12CCCc1c2[nH]c2ccccc12. The summed E-state index contributed by atoms with van der Waals surface area (Å²) in [6, 6.07) is 8.62. The summed E-state index contributed by atoms with van der Waals surface area (Å²) in [5.41, 5.74) is 5.06. The molecule has 0 bridgehead atoms. The van der Waals surface area contributed by atoms with Crippen LogP contribution < -0.4 is 0 Å². The smallest absolute Gasteiger partial charge is 0.247 e. The molecule has 0 saturated heterocycles. The van der Waals surface area contributed by atoms with Gasteiger partial charge in [0.05, 0.1) is 0 Å². The molecule has 1 spiro atoms. The van der Waals surface area contributed by atoms with E-state index >= 15 is 0 Å². The molecule has 4 rings (SSSR count). The molecule has 1 aromatic carbocycles. The summed E-state index contributed by atoms with van der Waals surface area (Å²) in [6.07, 6.45) is 10.8. The molecule has 0 radical (unpaired) electrons. The minimum Gasteiger partial charge on any atom is -0.356 e. The summed E-state index contributed by atoms with van der Waals surface area (Å²) >= 11 is 0. The maximum atomic E-state index is 13.0. The average molecular weight is 351 g/mol. The molecule has 2 aliphatic rings. The van der Waals surface area contributed by atoms with Crippen molar-refractivity contribution >= 4 is 16.8 Å². The Morgan fingerprint density at radius 3 is 2.77 bits per heavy atom. The van der Waals surface area contributed by atoms with Crippen LogP contribution in [0, 0.1) is 0 Å². The van der Waals surface area contributed by atoms with E-state index in [2.05, 4.69) is 48.0 Å². The predicted molar refractivity (Wildman–Crippen MR) is 107 cm³/mol. The number of carbonyl (C=O) groups excluding carboxylic acids is 1. The lowest BCUT2D eigenvalue weighted by molar-refractivity contribution is -0.129. The number of hydrogen-bond acceptors (Lipinski definition) is 1. The number of aromatic amines is 1. The number of aromatic nitrogens is 1. The molecule has 1 amide bonds. The zero-order valence-electron chi connectivity index (χ0n) is 16.1. The Labute approximate surface area is 156 Å². The molecule has 1 aromatic heterocycles. The summed E-state index contributed by atoms with van der Waals surface area (Å²) < 4.78 is 0. The van der Waals surface area contributed by atoms with Gasteiger partial charge in [-0.05, 0) is 55.7 Å². The summed E-state index contributed by atoms with van der Waals surface area (Å²) in [5.74, 6) is 0.219. The highest BCUT2D eigenvalue weighted by atomic mass is 16.2. The van der Waals surface area contributed by atoms with Crippen LogP contribution in [0.25, 0.3) is 10.9 Å². The van der Waals surface area contributed by atoms with Gasteiger partial charge in [-0.1, -0.05) is 44.9 Å². The Kier molecular flexibility index (Phi) is 4.64. The van der Waals surface area contributed by atoms with Crippen molar-refractivity contribution in [1.82, 2.24) is 9.88 Å². The fraction of sp³-hybridized carbons (Fsp3) is 0.522. The van der Waals surface area contributed by atoms with Crippen LogP contribution in [-0.4, -0.2) is 22.3 Å². The molecule has 1 N–H and O–H groups in total. The van der Waals surface area contributed by atoms with Crippen LogP contribution in [-0.2, 0) is 16.8 Å². The van der Waals surface area contributed by atoms with Crippen LogP contribution in [0.2, 0.25) is 0 Å². The van der Waals surface area contributed by atoms with E-state index in [1.165, 1.54) is 27.7 Å². The van der Waals surface area contributed by atoms with Gasteiger partial charge in [-0.3, -0.25) is 4.79 Å². The van der Waals surface area contributed by atoms with E-state index in [0.717, 1.165) is 57.9 Å². The number of amides is 1. The van der Waals surface area contributed by atoms with Crippen molar-refractivity contribution in [2.24, 2.45) is 0 Å². The van der Waals surface area contributed by atoms with Gasteiger partial charge in [0.1, 0.15) is 5.54 Å². The van der Waals surface area contributed by atoms with E-state index in [1.54, 1.807) is 0 Å². The van der Waals surface area contributed by atoms with Gasteiger partial charge in [-0.2, -0.15) is 0 Å². The van der Waals surface area contributed by atoms with Crippen molar-refractivity contribution in [2.75, 3.05) is 6.54 Å². The number of H-pyrrole nitrogens is 1. The minimum atomic E-state index is -0.228. The molecule has 3 nitrogen and oxygen atoms in total. The first-order chi connectivity index (χ1) is 12.7. The van der Waals surface area contributed by atoms with Gasteiger partial charge < -0.3 is 9.88 Å². The predicted octanol–water partition coefficient (Wildman–Crippen LogP) is 5.46. The number of rotatable bonds is 6. The van der Waals surface area contributed by atoms with Crippen LogP contribution in [0.1, 0.15) is 70.1 Å². The Morgan fingerprint density at radius 2 is 1.96 bits per heavy atom. The molecule has 1 aliphatic heterocycles. The molecule has 2 heterocycles. The maximum Gasteiger partial charge on any atom is 0.247 e. The first-order valence-electron chi connectivity index (χ1n) is 10.3. The summed E-state index contributed by atoms with van der Waals surface area (Å²) in [5, 5.41) is 1.34. The number of unbranched alkanes of at least 4 members (excludes halogenated alkanes) is 2. The monoisotopic (exact) mass is 350 g/mol. The van der Waals surface area contributed by atoms with Crippen LogP contribution in [0.3, 0.4) is 0 Å². The highest BCUT2D eigenvalue weighted by molar-refractivity contribution is 5.94. The van der Waals surface area contributed by atoms with Crippen LogP contribution >= 0.6 is 0 Å². The normalized spacial score (nSPS) is 22.3. The van der Waals surface area contributed by atoms with Crippen molar-refractivity contribution in [3.63, 3.8) is 0 Å². The minimum absolute atomic E-state index is 0.219. The van der Waals surface area contributed by atoms with Crippen LogP contribution in [0.5, 0.6) is 0 Å². The largest absolute Gasteiger partial charge is 0.356 e. The quantitative estimate of drug-likeness (QED) is 0.738. The number of fused-ring (bicyclic) bond motifs is 4. The molecule has 1 atom stereocenters. The Balaban J connectivity index is 1.87. The molecule has 26 heavy (non-hydrogen) atoms. The van der Waals surface area contributed by atoms with E-state index in [-0.39, 0.29) is 11.4 Å². The van der Waals surface area contributed by atoms with Crippen molar-refractivity contribution in [2.45, 2.75) is 70.8 Å².